The first-order chi connectivity index (χ1) is 12.6. The van der Waals surface area contributed by atoms with Crippen molar-refractivity contribution in [1.29, 1.82) is 0 Å². The fourth-order valence-corrected chi connectivity index (χ4v) is 3.53. The Morgan fingerprint density at radius 2 is 2.04 bits per heavy atom. The molecule has 0 aliphatic rings. The fourth-order valence-electron chi connectivity index (χ4n) is 2.66. The maximum Gasteiger partial charge on any atom is 0.194 e. The SMILES string of the molecule is CN=C(NCc1nc(C)c(C)s1)N(C)Cc1ncc(-c2ccccc2)[nH]1. The summed E-state index contributed by atoms with van der Waals surface area (Å²) in [6, 6.07) is 10.2. The minimum atomic E-state index is 0.641. The van der Waals surface area contributed by atoms with Gasteiger partial charge in [0.05, 0.1) is 30.7 Å². The number of hydrogen-bond donors (Lipinski definition) is 2. The minimum Gasteiger partial charge on any atom is -0.350 e. The van der Waals surface area contributed by atoms with E-state index >= 15 is 0 Å². The van der Waals surface area contributed by atoms with Crippen molar-refractivity contribution in [2.24, 2.45) is 4.99 Å². The summed E-state index contributed by atoms with van der Waals surface area (Å²) < 4.78 is 0. The van der Waals surface area contributed by atoms with Gasteiger partial charge in [0.15, 0.2) is 5.96 Å². The quantitative estimate of drug-likeness (QED) is 0.535. The van der Waals surface area contributed by atoms with E-state index in [9.17, 15) is 0 Å². The zero-order valence-corrected chi connectivity index (χ0v) is 16.4. The Labute approximate surface area is 158 Å². The Morgan fingerprint density at radius 1 is 1.27 bits per heavy atom. The lowest BCUT2D eigenvalue weighted by Crippen LogP contribution is -2.38. The second-order valence-electron chi connectivity index (χ2n) is 6.12. The highest BCUT2D eigenvalue weighted by Crippen LogP contribution is 2.17. The van der Waals surface area contributed by atoms with E-state index in [1.165, 1.54) is 4.88 Å². The highest BCUT2D eigenvalue weighted by molar-refractivity contribution is 7.11. The first-order valence-corrected chi connectivity index (χ1v) is 9.32. The van der Waals surface area contributed by atoms with Crippen LogP contribution in [0, 0.1) is 13.8 Å². The molecule has 0 atom stereocenters. The molecule has 0 amide bonds. The molecule has 6 nitrogen and oxygen atoms in total. The van der Waals surface area contributed by atoms with Crippen LogP contribution in [0.1, 0.15) is 21.4 Å². The summed E-state index contributed by atoms with van der Waals surface area (Å²) in [6.45, 7) is 5.45. The van der Waals surface area contributed by atoms with Gasteiger partial charge in [-0.05, 0) is 19.4 Å². The van der Waals surface area contributed by atoms with E-state index in [-0.39, 0.29) is 0 Å². The van der Waals surface area contributed by atoms with E-state index < -0.39 is 0 Å². The molecule has 7 heteroatoms. The molecule has 1 aromatic carbocycles. The van der Waals surface area contributed by atoms with E-state index in [1.807, 2.05) is 43.3 Å². The number of nitrogens with zero attached hydrogens (tertiary/aromatic N) is 4. The molecular formula is C19H24N6S. The number of hydrogen-bond acceptors (Lipinski definition) is 4. The van der Waals surface area contributed by atoms with Crippen molar-refractivity contribution in [1.82, 2.24) is 25.2 Å². The third kappa shape index (κ3) is 4.29. The second-order valence-corrected chi connectivity index (χ2v) is 7.40. The average molecular weight is 369 g/mol. The van der Waals surface area contributed by atoms with Crippen molar-refractivity contribution < 1.29 is 0 Å². The number of aryl methyl sites for hydroxylation is 2. The van der Waals surface area contributed by atoms with Crippen molar-refractivity contribution in [2.45, 2.75) is 26.9 Å². The summed E-state index contributed by atoms with van der Waals surface area (Å²) in [4.78, 5) is 20.1. The van der Waals surface area contributed by atoms with E-state index in [2.05, 4.69) is 44.3 Å². The predicted octanol–water partition coefficient (Wildman–Crippen LogP) is 3.36. The lowest BCUT2D eigenvalue weighted by atomic mass is 10.2. The number of aromatic nitrogens is 3. The summed E-state index contributed by atoms with van der Waals surface area (Å²) >= 11 is 1.72. The lowest BCUT2D eigenvalue weighted by molar-refractivity contribution is 0.464. The number of rotatable bonds is 5. The molecule has 136 valence electrons. The summed E-state index contributed by atoms with van der Waals surface area (Å²) in [6.07, 6.45) is 1.87. The number of aromatic amines is 1. The number of imidazole rings is 1. The monoisotopic (exact) mass is 368 g/mol. The summed E-state index contributed by atoms with van der Waals surface area (Å²) in [5.74, 6) is 1.71. The zero-order valence-electron chi connectivity index (χ0n) is 15.6. The molecule has 2 N–H and O–H groups in total. The first kappa shape index (κ1) is 18.1. The smallest absolute Gasteiger partial charge is 0.194 e. The minimum absolute atomic E-state index is 0.641. The van der Waals surface area contributed by atoms with Gasteiger partial charge in [0.1, 0.15) is 10.8 Å². The molecule has 0 bridgehead atoms. The van der Waals surface area contributed by atoms with Crippen LogP contribution in [0.2, 0.25) is 0 Å². The molecule has 0 spiro atoms. The van der Waals surface area contributed by atoms with Gasteiger partial charge in [-0.2, -0.15) is 0 Å². The van der Waals surface area contributed by atoms with Gasteiger partial charge >= 0.3 is 0 Å². The van der Waals surface area contributed by atoms with Crippen molar-refractivity contribution in [3.8, 4) is 11.3 Å². The number of thiazole rings is 1. The van der Waals surface area contributed by atoms with Crippen LogP contribution in [0.15, 0.2) is 41.5 Å². The van der Waals surface area contributed by atoms with Crippen molar-refractivity contribution >= 4 is 17.3 Å². The van der Waals surface area contributed by atoms with Gasteiger partial charge in [-0.1, -0.05) is 30.3 Å². The summed E-state index contributed by atoms with van der Waals surface area (Å²) in [5, 5.41) is 4.44. The average Bonchev–Trinajstić information content (AvgIpc) is 3.23. The molecule has 0 saturated heterocycles. The molecule has 3 rings (SSSR count). The molecule has 2 heterocycles. The van der Waals surface area contributed by atoms with Crippen molar-refractivity contribution in [3.63, 3.8) is 0 Å². The molecule has 2 aromatic heterocycles. The molecule has 0 unspecified atom stereocenters. The maximum absolute atomic E-state index is 4.56. The van der Waals surface area contributed by atoms with Gasteiger partial charge < -0.3 is 15.2 Å². The number of benzene rings is 1. The third-order valence-corrected chi connectivity index (χ3v) is 5.22. The number of H-pyrrole nitrogens is 1. The highest BCUT2D eigenvalue weighted by atomic mass is 32.1. The Morgan fingerprint density at radius 3 is 2.69 bits per heavy atom. The molecular weight excluding hydrogens is 344 g/mol. The molecule has 0 aliphatic heterocycles. The van der Waals surface area contributed by atoms with Crippen LogP contribution in [-0.2, 0) is 13.1 Å². The normalized spacial score (nSPS) is 11.6. The Hall–Kier alpha value is -2.67. The van der Waals surface area contributed by atoms with Crippen LogP contribution < -0.4 is 5.32 Å². The molecule has 0 radical (unpaired) electrons. The lowest BCUT2D eigenvalue weighted by Gasteiger charge is -2.20. The number of aliphatic imine (C=N–C) groups is 1. The maximum atomic E-state index is 4.56. The molecule has 26 heavy (non-hydrogen) atoms. The zero-order chi connectivity index (χ0) is 18.5. The van der Waals surface area contributed by atoms with Crippen LogP contribution in [0.3, 0.4) is 0 Å². The van der Waals surface area contributed by atoms with Crippen LogP contribution in [0.5, 0.6) is 0 Å². The fraction of sp³-hybridized carbons (Fsp3) is 0.316. The van der Waals surface area contributed by atoms with Gasteiger partial charge in [-0.3, -0.25) is 4.99 Å². The topological polar surface area (TPSA) is 69.2 Å². The summed E-state index contributed by atoms with van der Waals surface area (Å²) in [5.41, 5.74) is 3.25. The van der Waals surface area contributed by atoms with Crippen LogP contribution in [0.25, 0.3) is 11.3 Å². The first-order valence-electron chi connectivity index (χ1n) is 8.51. The van der Waals surface area contributed by atoms with E-state index in [0.29, 0.717) is 13.1 Å². The van der Waals surface area contributed by atoms with Gasteiger partial charge in [0.25, 0.3) is 0 Å². The molecule has 0 aliphatic carbocycles. The largest absolute Gasteiger partial charge is 0.350 e. The summed E-state index contributed by atoms with van der Waals surface area (Å²) in [7, 11) is 3.78. The standard InChI is InChI=1S/C19H24N6S/c1-13-14(2)26-18(23-13)11-22-19(20-3)25(4)12-17-21-10-16(24-17)15-8-6-5-7-9-15/h5-10H,11-12H2,1-4H3,(H,20,22)(H,21,24). The molecule has 0 saturated carbocycles. The van der Waals surface area contributed by atoms with E-state index in [0.717, 1.165) is 33.7 Å². The van der Waals surface area contributed by atoms with Crippen molar-refractivity contribution in [3.05, 3.63) is 57.9 Å². The van der Waals surface area contributed by atoms with E-state index in [4.69, 9.17) is 0 Å². The molecule has 3 aromatic rings. The van der Waals surface area contributed by atoms with Crippen molar-refractivity contribution in [2.75, 3.05) is 14.1 Å². The Kier molecular flexibility index (Phi) is 5.68. The third-order valence-electron chi connectivity index (χ3n) is 4.14. The Balaban J connectivity index is 1.61. The number of guanidine groups is 1. The van der Waals surface area contributed by atoms with Crippen LogP contribution in [-0.4, -0.2) is 39.9 Å². The van der Waals surface area contributed by atoms with Crippen LogP contribution >= 0.6 is 11.3 Å². The van der Waals surface area contributed by atoms with E-state index in [1.54, 1.807) is 18.4 Å². The predicted molar refractivity (Wildman–Crippen MR) is 107 cm³/mol. The van der Waals surface area contributed by atoms with Crippen LogP contribution in [0.4, 0.5) is 0 Å². The number of nitrogens with one attached hydrogen (secondary N) is 2. The van der Waals surface area contributed by atoms with Gasteiger partial charge in [0, 0.05) is 19.0 Å². The van der Waals surface area contributed by atoms with Gasteiger partial charge in [-0.25, -0.2) is 9.97 Å². The second kappa shape index (κ2) is 8.14. The van der Waals surface area contributed by atoms with Gasteiger partial charge in [-0.15, -0.1) is 11.3 Å². The highest BCUT2D eigenvalue weighted by Gasteiger charge is 2.11. The Bertz CT molecular complexity index is 861. The van der Waals surface area contributed by atoms with Gasteiger partial charge in [0.2, 0.25) is 0 Å². The molecule has 0 fully saturated rings.